The van der Waals surface area contributed by atoms with E-state index in [0.717, 1.165) is 0 Å². The third kappa shape index (κ3) is 6.25. The average molecular weight is 283 g/mol. The van der Waals surface area contributed by atoms with E-state index in [0.29, 0.717) is 29.6 Å². The van der Waals surface area contributed by atoms with Gasteiger partial charge in [-0.1, -0.05) is 25.4 Å². The summed E-state index contributed by atoms with van der Waals surface area (Å²) in [5, 5.41) is 6.08. The molecule has 0 aromatic heterocycles. The van der Waals surface area contributed by atoms with Crippen LogP contribution in [-0.4, -0.2) is 24.9 Å². The lowest BCUT2D eigenvalue weighted by atomic mass is 10.2. The molecule has 5 heteroatoms. The van der Waals surface area contributed by atoms with Gasteiger partial charge in [-0.05, 0) is 30.2 Å². The van der Waals surface area contributed by atoms with E-state index in [4.69, 9.17) is 11.6 Å². The van der Waals surface area contributed by atoms with E-state index in [2.05, 4.69) is 10.6 Å². The molecular weight excluding hydrogens is 264 g/mol. The molecule has 2 amide bonds. The summed E-state index contributed by atoms with van der Waals surface area (Å²) < 4.78 is 0. The van der Waals surface area contributed by atoms with Crippen LogP contribution < -0.4 is 10.6 Å². The van der Waals surface area contributed by atoms with E-state index in [1.165, 1.54) is 0 Å². The smallest absolute Gasteiger partial charge is 0.251 e. The summed E-state index contributed by atoms with van der Waals surface area (Å²) in [5.41, 5.74) is 0.534. The quantitative estimate of drug-likeness (QED) is 0.841. The zero-order chi connectivity index (χ0) is 14.3. The Kier molecular flexibility index (Phi) is 6.36. The molecule has 1 aromatic rings. The number of hydrogen-bond donors (Lipinski definition) is 2. The molecule has 0 aliphatic heterocycles. The fraction of sp³-hybridized carbons (Fsp3) is 0.429. The molecule has 0 atom stereocenters. The molecule has 0 fully saturated rings. The number of rotatable bonds is 6. The first-order valence-electron chi connectivity index (χ1n) is 6.29. The maximum absolute atomic E-state index is 11.7. The van der Waals surface area contributed by atoms with E-state index in [9.17, 15) is 9.59 Å². The second kappa shape index (κ2) is 7.79. The Morgan fingerprint density at radius 1 is 1.16 bits per heavy atom. The zero-order valence-corrected chi connectivity index (χ0v) is 12.0. The second-order valence-corrected chi connectivity index (χ2v) is 5.15. The van der Waals surface area contributed by atoms with Gasteiger partial charge < -0.3 is 10.6 Å². The number of carbonyl (C=O) groups is 2. The maximum Gasteiger partial charge on any atom is 0.251 e. The maximum atomic E-state index is 11.7. The van der Waals surface area contributed by atoms with Crippen molar-refractivity contribution in [2.24, 2.45) is 5.92 Å². The van der Waals surface area contributed by atoms with Crippen LogP contribution in [0.15, 0.2) is 24.3 Å². The van der Waals surface area contributed by atoms with E-state index >= 15 is 0 Å². The second-order valence-electron chi connectivity index (χ2n) is 4.71. The molecule has 0 radical (unpaired) electrons. The topological polar surface area (TPSA) is 58.2 Å². The van der Waals surface area contributed by atoms with Gasteiger partial charge in [0.15, 0.2) is 0 Å². The van der Waals surface area contributed by atoms with Crippen LogP contribution in [0.25, 0.3) is 0 Å². The monoisotopic (exact) mass is 282 g/mol. The summed E-state index contributed by atoms with van der Waals surface area (Å²) in [6, 6.07) is 6.62. The van der Waals surface area contributed by atoms with Gasteiger partial charge in [0.05, 0.1) is 0 Å². The number of benzene rings is 1. The lowest BCUT2D eigenvalue weighted by Gasteiger charge is -2.08. The van der Waals surface area contributed by atoms with Gasteiger partial charge in [-0.2, -0.15) is 0 Å². The Morgan fingerprint density at radius 3 is 2.37 bits per heavy atom. The van der Waals surface area contributed by atoms with Crippen LogP contribution >= 0.6 is 11.6 Å². The summed E-state index contributed by atoms with van der Waals surface area (Å²) in [4.78, 5) is 23.1. The molecule has 1 rings (SSSR count). The minimum absolute atomic E-state index is 0.0508. The van der Waals surface area contributed by atoms with Crippen molar-refractivity contribution < 1.29 is 9.59 Å². The summed E-state index contributed by atoms with van der Waals surface area (Å²) in [6.45, 7) is 5.04. The van der Waals surface area contributed by atoms with Crippen LogP contribution in [-0.2, 0) is 4.79 Å². The Hall–Kier alpha value is -1.55. The summed E-state index contributed by atoms with van der Waals surface area (Å²) >= 11 is 5.74. The lowest BCUT2D eigenvalue weighted by Crippen LogP contribution is -2.32. The summed E-state index contributed by atoms with van der Waals surface area (Å²) in [7, 11) is 0. The predicted octanol–water partition coefficient (Wildman–Crippen LogP) is 2.23. The van der Waals surface area contributed by atoms with Gasteiger partial charge in [0.25, 0.3) is 5.91 Å². The third-order valence-electron chi connectivity index (χ3n) is 2.45. The van der Waals surface area contributed by atoms with Crippen LogP contribution in [0.3, 0.4) is 0 Å². The first-order chi connectivity index (χ1) is 8.99. The van der Waals surface area contributed by atoms with Crippen molar-refractivity contribution in [1.82, 2.24) is 10.6 Å². The van der Waals surface area contributed by atoms with Gasteiger partial charge in [-0.15, -0.1) is 0 Å². The van der Waals surface area contributed by atoms with Crippen LogP contribution in [0, 0.1) is 5.92 Å². The number of hydrogen-bond acceptors (Lipinski definition) is 2. The molecule has 1 aromatic carbocycles. The van der Waals surface area contributed by atoms with Crippen LogP contribution in [0.4, 0.5) is 0 Å². The standard InChI is InChI=1S/C14H19ClN2O2/c1-10(2)9-17-13(18)7-8-16-14(19)11-3-5-12(15)6-4-11/h3-6,10H,7-9H2,1-2H3,(H,16,19)(H,17,18). The summed E-state index contributed by atoms with van der Waals surface area (Å²) in [6.07, 6.45) is 0.284. The van der Waals surface area contributed by atoms with E-state index in [-0.39, 0.29) is 18.2 Å². The molecule has 0 saturated heterocycles. The molecule has 2 N–H and O–H groups in total. The fourth-order valence-electron chi connectivity index (χ4n) is 1.40. The van der Waals surface area contributed by atoms with Gasteiger partial charge in [-0.3, -0.25) is 9.59 Å². The van der Waals surface area contributed by atoms with Crippen molar-refractivity contribution in [1.29, 1.82) is 0 Å². The van der Waals surface area contributed by atoms with Gasteiger partial charge in [0.2, 0.25) is 5.91 Å². The largest absolute Gasteiger partial charge is 0.356 e. The molecule has 0 unspecified atom stereocenters. The number of amides is 2. The van der Waals surface area contributed by atoms with Crippen molar-refractivity contribution in [2.45, 2.75) is 20.3 Å². The van der Waals surface area contributed by atoms with Crippen LogP contribution in [0.1, 0.15) is 30.6 Å². The normalized spacial score (nSPS) is 10.3. The van der Waals surface area contributed by atoms with Crippen molar-refractivity contribution >= 4 is 23.4 Å². The fourth-order valence-corrected chi connectivity index (χ4v) is 1.53. The predicted molar refractivity (Wildman–Crippen MR) is 76.2 cm³/mol. The van der Waals surface area contributed by atoms with Crippen molar-refractivity contribution in [3.8, 4) is 0 Å². The first kappa shape index (κ1) is 15.5. The molecule has 0 spiro atoms. The highest BCUT2D eigenvalue weighted by atomic mass is 35.5. The molecular formula is C14H19ClN2O2. The van der Waals surface area contributed by atoms with E-state index in [1.807, 2.05) is 13.8 Å². The summed E-state index contributed by atoms with van der Waals surface area (Å²) in [5.74, 6) is 0.172. The molecule has 0 saturated carbocycles. The van der Waals surface area contributed by atoms with E-state index in [1.54, 1.807) is 24.3 Å². The molecule has 4 nitrogen and oxygen atoms in total. The van der Waals surface area contributed by atoms with Crippen LogP contribution in [0.5, 0.6) is 0 Å². The Bertz CT molecular complexity index is 430. The molecule has 0 heterocycles. The lowest BCUT2D eigenvalue weighted by molar-refractivity contribution is -0.121. The number of halogens is 1. The van der Waals surface area contributed by atoms with E-state index < -0.39 is 0 Å². The first-order valence-corrected chi connectivity index (χ1v) is 6.67. The Morgan fingerprint density at radius 2 is 1.79 bits per heavy atom. The molecule has 0 aliphatic carbocycles. The molecule has 104 valence electrons. The SMILES string of the molecule is CC(C)CNC(=O)CCNC(=O)c1ccc(Cl)cc1. The highest BCUT2D eigenvalue weighted by molar-refractivity contribution is 6.30. The Balaban J connectivity index is 2.27. The van der Waals surface area contributed by atoms with Crippen molar-refractivity contribution in [2.75, 3.05) is 13.1 Å². The van der Waals surface area contributed by atoms with Crippen LogP contribution in [0.2, 0.25) is 5.02 Å². The zero-order valence-electron chi connectivity index (χ0n) is 11.2. The Labute approximate surface area is 118 Å². The molecule has 0 bridgehead atoms. The number of carbonyl (C=O) groups excluding carboxylic acids is 2. The van der Waals surface area contributed by atoms with Gasteiger partial charge >= 0.3 is 0 Å². The molecule has 19 heavy (non-hydrogen) atoms. The molecule has 0 aliphatic rings. The highest BCUT2D eigenvalue weighted by Gasteiger charge is 2.06. The van der Waals surface area contributed by atoms with Gasteiger partial charge in [0.1, 0.15) is 0 Å². The average Bonchev–Trinajstić information content (AvgIpc) is 2.37. The van der Waals surface area contributed by atoms with Crippen molar-refractivity contribution in [3.63, 3.8) is 0 Å². The highest BCUT2D eigenvalue weighted by Crippen LogP contribution is 2.09. The number of nitrogens with one attached hydrogen (secondary N) is 2. The van der Waals surface area contributed by atoms with Gasteiger partial charge in [0, 0.05) is 30.1 Å². The minimum atomic E-state index is -0.201. The third-order valence-corrected chi connectivity index (χ3v) is 2.70. The van der Waals surface area contributed by atoms with Gasteiger partial charge in [-0.25, -0.2) is 0 Å². The minimum Gasteiger partial charge on any atom is -0.356 e. The van der Waals surface area contributed by atoms with Crippen molar-refractivity contribution in [3.05, 3.63) is 34.9 Å².